The van der Waals surface area contributed by atoms with Gasteiger partial charge in [-0.05, 0) is 37.3 Å². The van der Waals surface area contributed by atoms with Crippen LogP contribution in [0.1, 0.15) is 12.5 Å². The Balaban J connectivity index is 1.56. The largest absolute Gasteiger partial charge is 0.416 e. The lowest BCUT2D eigenvalue weighted by Crippen LogP contribution is -2.37. The fourth-order valence-corrected chi connectivity index (χ4v) is 4.61. The van der Waals surface area contributed by atoms with Gasteiger partial charge >= 0.3 is 6.18 Å². The number of anilines is 2. The molecule has 180 valence electrons. The Hall–Kier alpha value is -3.05. The van der Waals surface area contributed by atoms with Crippen LogP contribution in [-0.2, 0) is 22.3 Å². The van der Waals surface area contributed by atoms with Crippen molar-refractivity contribution < 1.29 is 22.7 Å². The lowest BCUT2D eigenvalue weighted by atomic mass is 10.1. The molecular weight excluding hydrogens is 469 g/mol. The molecule has 7 nitrogen and oxygen atoms in total. The number of aromatic nitrogens is 2. The summed E-state index contributed by atoms with van der Waals surface area (Å²) in [6, 6.07) is 10.3. The minimum Gasteiger partial charge on any atom is -0.378 e. The van der Waals surface area contributed by atoms with E-state index in [1.165, 1.54) is 10.6 Å². The van der Waals surface area contributed by atoms with Crippen LogP contribution >= 0.6 is 11.8 Å². The number of hydrogen-bond donors (Lipinski definition) is 1. The van der Waals surface area contributed by atoms with E-state index in [1.807, 2.05) is 4.90 Å². The second-order valence-corrected chi connectivity index (χ2v) is 8.57. The summed E-state index contributed by atoms with van der Waals surface area (Å²) >= 11 is 1.06. The number of fused-ring (bicyclic) bond motifs is 1. The van der Waals surface area contributed by atoms with Gasteiger partial charge in [0.15, 0.2) is 5.16 Å². The molecule has 1 amide bonds. The predicted octanol–water partition coefficient (Wildman–Crippen LogP) is 4.00. The number of morpholine rings is 1. The summed E-state index contributed by atoms with van der Waals surface area (Å²) in [4.78, 5) is 31.9. The van der Waals surface area contributed by atoms with Crippen molar-refractivity contribution >= 4 is 39.9 Å². The molecule has 2 heterocycles. The molecule has 1 saturated heterocycles. The number of rotatable bonds is 6. The summed E-state index contributed by atoms with van der Waals surface area (Å²) in [5, 5.41) is 3.48. The van der Waals surface area contributed by atoms with Crippen LogP contribution in [0.3, 0.4) is 0 Å². The van der Waals surface area contributed by atoms with Gasteiger partial charge in [-0.2, -0.15) is 13.2 Å². The number of carbonyl (C=O) groups is 1. The van der Waals surface area contributed by atoms with E-state index in [-0.39, 0.29) is 17.0 Å². The number of nitrogens with zero attached hydrogens (tertiary/aromatic N) is 3. The van der Waals surface area contributed by atoms with E-state index >= 15 is 0 Å². The average molecular weight is 493 g/mol. The second-order valence-electron chi connectivity index (χ2n) is 7.63. The van der Waals surface area contributed by atoms with Crippen LogP contribution in [0.25, 0.3) is 10.9 Å². The Morgan fingerprint density at radius 2 is 1.91 bits per heavy atom. The number of thioether (sulfide) groups is 1. The van der Waals surface area contributed by atoms with E-state index in [2.05, 4.69) is 10.3 Å². The van der Waals surface area contributed by atoms with E-state index < -0.39 is 17.6 Å². The molecular formula is C23H23F3N4O3S. The SMILES string of the molecule is CCn1c(SCC(=O)Nc2cc(C(F)(F)F)ccc2N2CCOCC2)nc2ccccc2c1=O. The molecule has 1 aromatic heterocycles. The number of ether oxygens (including phenoxy) is 1. The monoisotopic (exact) mass is 492 g/mol. The number of carbonyl (C=O) groups excluding carboxylic acids is 1. The zero-order valence-electron chi connectivity index (χ0n) is 18.4. The lowest BCUT2D eigenvalue weighted by molar-refractivity contribution is -0.137. The highest BCUT2D eigenvalue weighted by Crippen LogP contribution is 2.36. The van der Waals surface area contributed by atoms with Gasteiger partial charge in [-0.15, -0.1) is 0 Å². The van der Waals surface area contributed by atoms with Gasteiger partial charge in [0.2, 0.25) is 5.91 Å². The summed E-state index contributed by atoms with van der Waals surface area (Å²) in [5.41, 5.74) is 0.0604. The number of benzene rings is 2. The minimum atomic E-state index is -4.54. The molecule has 34 heavy (non-hydrogen) atoms. The van der Waals surface area contributed by atoms with Gasteiger partial charge in [-0.1, -0.05) is 23.9 Å². The maximum Gasteiger partial charge on any atom is 0.416 e. The number of alkyl halides is 3. The van der Waals surface area contributed by atoms with Crippen molar-refractivity contribution in [1.82, 2.24) is 9.55 Å². The fourth-order valence-electron chi connectivity index (χ4n) is 3.75. The average Bonchev–Trinajstić information content (AvgIpc) is 2.83. The molecule has 1 aliphatic heterocycles. The third-order valence-electron chi connectivity index (χ3n) is 5.42. The minimum absolute atomic E-state index is 0.0849. The highest BCUT2D eigenvalue weighted by molar-refractivity contribution is 7.99. The molecule has 0 aliphatic carbocycles. The Kier molecular flexibility index (Phi) is 7.13. The molecule has 0 atom stereocenters. The highest BCUT2D eigenvalue weighted by Gasteiger charge is 2.32. The van der Waals surface area contributed by atoms with E-state index in [4.69, 9.17) is 4.74 Å². The highest BCUT2D eigenvalue weighted by atomic mass is 32.2. The van der Waals surface area contributed by atoms with Crippen LogP contribution in [0.5, 0.6) is 0 Å². The zero-order chi connectivity index (χ0) is 24.3. The maximum atomic E-state index is 13.3. The lowest BCUT2D eigenvalue weighted by Gasteiger charge is -2.31. The summed E-state index contributed by atoms with van der Waals surface area (Å²) < 4.78 is 46.7. The molecule has 11 heteroatoms. The summed E-state index contributed by atoms with van der Waals surface area (Å²) in [6.07, 6.45) is -4.54. The number of nitrogens with one attached hydrogen (secondary N) is 1. The van der Waals surface area contributed by atoms with Gasteiger partial charge in [-0.25, -0.2) is 4.98 Å². The number of para-hydroxylation sites is 1. The third kappa shape index (κ3) is 5.20. The van der Waals surface area contributed by atoms with Crippen molar-refractivity contribution in [2.45, 2.75) is 24.8 Å². The molecule has 3 aromatic rings. The van der Waals surface area contributed by atoms with E-state index in [1.54, 1.807) is 31.2 Å². The maximum absolute atomic E-state index is 13.3. The van der Waals surface area contributed by atoms with Crippen molar-refractivity contribution in [3.63, 3.8) is 0 Å². The Bertz CT molecular complexity index is 1260. The molecule has 1 N–H and O–H groups in total. The van der Waals surface area contributed by atoms with Gasteiger partial charge in [0.1, 0.15) is 0 Å². The van der Waals surface area contributed by atoms with Gasteiger partial charge in [-0.3, -0.25) is 14.2 Å². The molecule has 0 radical (unpaired) electrons. The standard InChI is InChI=1S/C23H23F3N4O3S/c1-2-30-21(32)16-5-3-4-6-17(16)28-22(30)34-14-20(31)27-18-13-15(23(24,25)26)7-8-19(18)29-9-11-33-12-10-29/h3-8,13H,2,9-12,14H2,1H3,(H,27,31). The second kappa shape index (κ2) is 10.1. The number of halogens is 3. The molecule has 1 aliphatic rings. The summed E-state index contributed by atoms with van der Waals surface area (Å²) in [7, 11) is 0. The first-order valence-electron chi connectivity index (χ1n) is 10.7. The third-order valence-corrected chi connectivity index (χ3v) is 6.40. The van der Waals surface area contributed by atoms with E-state index in [0.717, 1.165) is 23.9 Å². The Morgan fingerprint density at radius 3 is 2.62 bits per heavy atom. The summed E-state index contributed by atoms with van der Waals surface area (Å²) in [6.45, 7) is 4.09. The van der Waals surface area contributed by atoms with Crippen LogP contribution in [0.2, 0.25) is 0 Å². The molecule has 0 saturated carbocycles. The number of hydrogen-bond acceptors (Lipinski definition) is 6. The smallest absolute Gasteiger partial charge is 0.378 e. The first-order valence-corrected chi connectivity index (χ1v) is 11.7. The van der Waals surface area contributed by atoms with Gasteiger partial charge in [0.25, 0.3) is 5.56 Å². The van der Waals surface area contributed by atoms with Crippen molar-refractivity contribution in [3.8, 4) is 0 Å². The van der Waals surface area contributed by atoms with E-state index in [9.17, 15) is 22.8 Å². The van der Waals surface area contributed by atoms with Crippen molar-refractivity contribution in [2.24, 2.45) is 0 Å². The summed E-state index contributed by atoms with van der Waals surface area (Å²) in [5.74, 6) is -0.618. The predicted molar refractivity (Wildman–Crippen MR) is 126 cm³/mol. The molecule has 0 spiro atoms. The first-order chi connectivity index (χ1) is 16.3. The van der Waals surface area contributed by atoms with Gasteiger partial charge in [0, 0.05) is 19.6 Å². The molecule has 2 aromatic carbocycles. The van der Waals surface area contributed by atoms with Crippen molar-refractivity contribution in [3.05, 3.63) is 58.4 Å². The zero-order valence-corrected chi connectivity index (χ0v) is 19.2. The van der Waals surface area contributed by atoms with Crippen LogP contribution in [-0.4, -0.2) is 47.5 Å². The normalized spacial score (nSPS) is 14.4. The molecule has 4 rings (SSSR count). The van der Waals surface area contributed by atoms with Gasteiger partial charge < -0.3 is 15.0 Å². The van der Waals surface area contributed by atoms with Crippen molar-refractivity contribution in [2.75, 3.05) is 42.3 Å². The molecule has 0 bridgehead atoms. The Morgan fingerprint density at radius 1 is 1.18 bits per heavy atom. The van der Waals surface area contributed by atoms with Crippen molar-refractivity contribution in [1.29, 1.82) is 0 Å². The van der Waals surface area contributed by atoms with Crippen LogP contribution in [0.4, 0.5) is 24.5 Å². The number of amides is 1. The molecule has 0 unspecified atom stereocenters. The quantitative estimate of drug-likeness (QED) is 0.414. The van der Waals surface area contributed by atoms with Crippen LogP contribution < -0.4 is 15.8 Å². The fraction of sp³-hybridized carbons (Fsp3) is 0.348. The van der Waals surface area contributed by atoms with Crippen LogP contribution in [0, 0.1) is 0 Å². The van der Waals surface area contributed by atoms with E-state index in [0.29, 0.717) is 54.6 Å². The van der Waals surface area contributed by atoms with Crippen LogP contribution in [0.15, 0.2) is 52.4 Å². The molecule has 1 fully saturated rings. The Labute approximate surface area is 197 Å². The first kappa shape index (κ1) is 24.1. The topological polar surface area (TPSA) is 76.5 Å². The van der Waals surface area contributed by atoms with Gasteiger partial charge in [0.05, 0.1) is 46.8 Å².